The predicted octanol–water partition coefficient (Wildman–Crippen LogP) is 5.27. The Balaban J connectivity index is 1.72. The molecule has 1 heterocycles. The molecule has 1 aliphatic rings. The van der Waals surface area contributed by atoms with E-state index in [-0.39, 0.29) is 36.6 Å². The molecule has 1 unspecified atom stereocenters. The summed E-state index contributed by atoms with van der Waals surface area (Å²) in [7, 11) is 1.58. The van der Waals surface area contributed by atoms with Gasteiger partial charge in [0.1, 0.15) is 17.6 Å². The van der Waals surface area contributed by atoms with E-state index >= 15 is 0 Å². The lowest BCUT2D eigenvalue weighted by Crippen LogP contribution is -2.46. The van der Waals surface area contributed by atoms with E-state index in [9.17, 15) is 14.0 Å². The second-order valence-electron chi connectivity index (χ2n) is 8.53. The number of rotatable bonds is 9. The summed E-state index contributed by atoms with van der Waals surface area (Å²) in [4.78, 5) is 29.8. The highest BCUT2D eigenvalue weighted by Crippen LogP contribution is 2.29. The quantitative estimate of drug-likeness (QED) is 0.454. The van der Waals surface area contributed by atoms with E-state index in [0.29, 0.717) is 11.3 Å². The Hall–Kier alpha value is -3.19. The minimum Gasteiger partial charge on any atom is -0.496 e. The maximum Gasteiger partial charge on any atom is 0.247 e. The van der Waals surface area contributed by atoms with Gasteiger partial charge in [-0.15, -0.1) is 11.3 Å². The van der Waals surface area contributed by atoms with Gasteiger partial charge in [-0.3, -0.25) is 9.59 Å². The van der Waals surface area contributed by atoms with Crippen LogP contribution in [0.1, 0.15) is 47.7 Å². The fourth-order valence-corrected chi connectivity index (χ4v) is 5.17. The van der Waals surface area contributed by atoms with Crippen molar-refractivity contribution in [2.45, 2.75) is 50.7 Å². The normalized spacial score (nSPS) is 14.5. The van der Waals surface area contributed by atoms with Crippen LogP contribution in [0.15, 0.2) is 66.0 Å². The van der Waals surface area contributed by atoms with Crippen LogP contribution >= 0.6 is 11.3 Å². The SMILES string of the molecule is COc1ccccc1CN(C(=O)Cc1cccs1)C(C(=O)NC1CCCC1)c1ccc(F)cc1. The molecule has 0 radical (unpaired) electrons. The van der Waals surface area contributed by atoms with E-state index in [2.05, 4.69) is 5.32 Å². The maximum atomic E-state index is 13.7. The van der Waals surface area contributed by atoms with Crippen molar-refractivity contribution < 1.29 is 18.7 Å². The third kappa shape index (κ3) is 5.83. The van der Waals surface area contributed by atoms with Crippen molar-refractivity contribution in [1.82, 2.24) is 10.2 Å². The first kappa shape index (κ1) is 24.0. The topological polar surface area (TPSA) is 58.6 Å². The number of carbonyl (C=O) groups is 2. The zero-order chi connectivity index (χ0) is 23.9. The fourth-order valence-electron chi connectivity index (χ4n) is 4.47. The first-order chi connectivity index (χ1) is 16.5. The van der Waals surface area contributed by atoms with Crippen molar-refractivity contribution in [3.05, 3.63) is 87.9 Å². The Morgan fingerprint density at radius 3 is 2.50 bits per heavy atom. The van der Waals surface area contributed by atoms with E-state index in [0.717, 1.165) is 36.1 Å². The van der Waals surface area contributed by atoms with Crippen molar-refractivity contribution in [1.29, 1.82) is 0 Å². The third-order valence-corrected chi connectivity index (χ3v) is 7.08. The van der Waals surface area contributed by atoms with Crippen LogP contribution in [0.4, 0.5) is 4.39 Å². The molecule has 7 heteroatoms. The predicted molar refractivity (Wildman–Crippen MR) is 131 cm³/mol. The van der Waals surface area contributed by atoms with Gasteiger partial charge in [-0.25, -0.2) is 4.39 Å². The smallest absolute Gasteiger partial charge is 0.247 e. The van der Waals surface area contributed by atoms with Gasteiger partial charge in [0, 0.05) is 16.5 Å². The average molecular weight is 481 g/mol. The zero-order valence-corrected chi connectivity index (χ0v) is 20.0. The second-order valence-corrected chi connectivity index (χ2v) is 9.57. The van der Waals surface area contributed by atoms with Gasteiger partial charge < -0.3 is 15.0 Å². The lowest BCUT2D eigenvalue weighted by atomic mass is 10.0. The third-order valence-electron chi connectivity index (χ3n) is 6.21. The summed E-state index contributed by atoms with van der Waals surface area (Å²) < 4.78 is 19.3. The molecule has 0 saturated heterocycles. The Labute approximate surface area is 203 Å². The number of para-hydroxylation sites is 1. The van der Waals surface area contributed by atoms with Crippen molar-refractivity contribution >= 4 is 23.2 Å². The number of ether oxygens (including phenoxy) is 1. The summed E-state index contributed by atoms with van der Waals surface area (Å²) in [6.45, 7) is 0.189. The van der Waals surface area contributed by atoms with Gasteiger partial charge in [0.05, 0.1) is 20.1 Å². The number of hydrogen-bond donors (Lipinski definition) is 1. The van der Waals surface area contributed by atoms with Crippen molar-refractivity contribution in [2.24, 2.45) is 0 Å². The molecule has 3 aromatic rings. The minimum atomic E-state index is -0.890. The Kier molecular flexibility index (Phi) is 7.95. The molecule has 178 valence electrons. The molecule has 34 heavy (non-hydrogen) atoms. The first-order valence-electron chi connectivity index (χ1n) is 11.5. The van der Waals surface area contributed by atoms with Gasteiger partial charge in [0.15, 0.2) is 0 Å². The summed E-state index contributed by atoms with van der Waals surface area (Å²) in [5.74, 6) is -0.164. The summed E-state index contributed by atoms with van der Waals surface area (Å²) in [6, 6.07) is 16.3. The number of methoxy groups -OCH3 is 1. The number of nitrogens with one attached hydrogen (secondary N) is 1. The molecule has 0 bridgehead atoms. The highest BCUT2D eigenvalue weighted by atomic mass is 32.1. The Bertz CT molecular complexity index is 1100. The van der Waals surface area contributed by atoms with Gasteiger partial charge in [-0.1, -0.05) is 49.2 Å². The molecule has 1 aliphatic carbocycles. The molecule has 0 spiro atoms. The Morgan fingerprint density at radius 2 is 1.82 bits per heavy atom. The van der Waals surface area contributed by atoms with Gasteiger partial charge in [-0.05, 0) is 48.1 Å². The molecule has 2 amide bonds. The van der Waals surface area contributed by atoms with Crippen LogP contribution in [0.3, 0.4) is 0 Å². The number of hydrogen-bond acceptors (Lipinski definition) is 4. The second kappa shape index (κ2) is 11.3. The van der Waals surface area contributed by atoms with Crippen molar-refractivity contribution in [3.63, 3.8) is 0 Å². The standard InChI is InChI=1S/C27H29FN2O3S/c1-33-24-11-5-2-7-20(24)18-30(25(31)17-23-10-6-16-34-23)26(19-12-14-21(28)15-13-19)27(32)29-22-8-3-4-9-22/h2,5-7,10-16,22,26H,3-4,8-9,17-18H2,1H3,(H,29,32). The van der Waals surface area contributed by atoms with E-state index in [4.69, 9.17) is 4.74 Å². The molecule has 1 saturated carbocycles. The molecule has 1 aromatic heterocycles. The lowest BCUT2D eigenvalue weighted by Gasteiger charge is -2.33. The Morgan fingerprint density at radius 1 is 1.09 bits per heavy atom. The molecule has 2 aromatic carbocycles. The number of thiophene rings is 1. The van der Waals surface area contributed by atoms with E-state index in [1.807, 2.05) is 41.8 Å². The lowest BCUT2D eigenvalue weighted by molar-refractivity contribution is -0.141. The highest BCUT2D eigenvalue weighted by molar-refractivity contribution is 7.10. The van der Waals surface area contributed by atoms with E-state index in [1.54, 1.807) is 24.1 Å². The molecular weight excluding hydrogens is 451 g/mol. The summed E-state index contributed by atoms with van der Waals surface area (Å²) in [5, 5.41) is 5.07. The largest absolute Gasteiger partial charge is 0.496 e. The summed E-state index contributed by atoms with van der Waals surface area (Å²) in [6.07, 6.45) is 4.19. The van der Waals surface area contributed by atoms with Gasteiger partial charge in [0.2, 0.25) is 11.8 Å². The average Bonchev–Trinajstić information content (AvgIpc) is 3.54. The maximum absolute atomic E-state index is 13.7. The van der Waals surface area contributed by atoms with Crippen LogP contribution in [0.25, 0.3) is 0 Å². The van der Waals surface area contributed by atoms with Crippen molar-refractivity contribution in [2.75, 3.05) is 7.11 Å². The molecule has 1 atom stereocenters. The zero-order valence-electron chi connectivity index (χ0n) is 19.2. The van der Waals surface area contributed by atoms with E-state index in [1.165, 1.54) is 23.5 Å². The minimum absolute atomic E-state index is 0.0935. The molecule has 1 N–H and O–H groups in total. The number of nitrogens with zero attached hydrogens (tertiary/aromatic N) is 1. The van der Waals surface area contributed by atoms with Crippen LogP contribution in [-0.4, -0.2) is 29.9 Å². The molecule has 0 aliphatic heterocycles. The van der Waals surface area contributed by atoms with Crippen LogP contribution in [0, 0.1) is 5.82 Å². The number of amides is 2. The van der Waals surface area contributed by atoms with Crippen molar-refractivity contribution in [3.8, 4) is 5.75 Å². The number of halogens is 1. The van der Waals surface area contributed by atoms with Crippen LogP contribution in [-0.2, 0) is 22.6 Å². The first-order valence-corrected chi connectivity index (χ1v) is 12.4. The molecular formula is C27H29FN2O3S. The van der Waals surface area contributed by atoms with Crippen LogP contribution in [0.5, 0.6) is 5.75 Å². The number of carbonyl (C=O) groups excluding carboxylic acids is 2. The van der Waals surface area contributed by atoms with E-state index < -0.39 is 6.04 Å². The van der Waals surface area contributed by atoms with Crippen LogP contribution < -0.4 is 10.1 Å². The summed E-state index contributed by atoms with van der Waals surface area (Å²) >= 11 is 1.50. The fraction of sp³-hybridized carbons (Fsp3) is 0.333. The molecule has 4 rings (SSSR count). The highest BCUT2D eigenvalue weighted by Gasteiger charge is 2.33. The van der Waals surface area contributed by atoms with Crippen LogP contribution in [0.2, 0.25) is 0 Å². The summed E-state index contributed by atoms with van der Waals surface area (Å²) in [5.41, 5.74) is 1.37. The molecule has 1 fully saturated rings. The van der Waals surface area contributed by atoms with Gasteiger partial charge >= 0.3 is 0 Å². The van der Waals surface area contributed by atoms with Gasteiger partial charge in [0.25, 0.3) is 0 Å². The molecule has 5 nitrogen and oxygen atoms in total. The number of benzene rings is 2. The van der Waals surface area contributed by atoms with Gasteiger partial charge in [-0.2, -0.15) is 0 Å². The monoisotopic (exact) mass is 480 g/mol.